The third kappa shape index (κ3) is 4.73. The van der Waals surface area contributed by atoms with E-state index in [2.05, 4.69) is 22.3 Å². The highest BCUT2D eigenvalue weighted by molar-refractivity contribution is 5.89. The number of carbonyl (C=O) groups is 1. The smallest absolute Gasteiger partial charge is 0.261 e. The van der Waals surface area contributed by atoms with E-state index in [1.54, 1.807) is 0 Å². The van der Waals surface area contributed by atoms with Crippen LogP contribution >= 0.6 is 0 Å². The molecule has 3 rings (SSSR count). The number of hydrogen-bond acceptors (Lipinski definition) is 3. The second-order valence-electron chi connectivity index (χ2n) is 6.69. The van der Waals surface area contributed by atoms with Crippen molar-refractivity contribution in [3.63, 3.8) is 0 Å². The Bertz CT molecular complexity index is 690. The fourth-order valence-electron chi connectivity index (χ4n) is 3.41. The lowest BCUT2D eigenvalue weighted by Crippen LogP contribution is -2.39. The zero-order valence-electron chi connectivity index (χ0n) is 15.0. The number of likely N-dealkylation sites (tertiary alicyclic amines) is 1. The monoisotopic (exact) mass is 340 g/mol. The third-order valence-corrected chi connectivity index (χ3v) is 4.83. The van der Waals surface area contributed by atoms with Crippen molar-refractivity contribution >= 4 is 16.7 Å². The summed E-state index contributed by atoms with van der Waals surface area (Å²) in [5, 5.41) is 5.21. The summed E-state index contributed by atoms with van der Waals surface area (Å²) in [4.78, 5) is 14.9. The second-order valence-corrected chi connectivity index (χ2v) is 6.69. The summed E-state index contributed by atoms with van der Waals surface area (Å²) >= 11 is 0. The van der Waals surface area contributed by atoms with Crippen molar-refractivity contribution < 1.29 is 9.53 Å². The van der Waals surface area contributed by atoms with Crippen LogP contribution in [0, 0.1) is 0 Å². The Morgan fingerprint density at radius 3 is 2.72 bits per heavy atom. The number of ether oxygens (including phenoxy) is 1. The summed E-state index contributed by atoms with van der Waals surface area (Å²) in [5.74, 6) is 0.758. The second kappa shape index (κ2) is 8.86. The fraction of sp³-hybridized carbons (Fsp3) is 0.476. The molecule has 1 amide bonds. The topological polar surface area (TPSA) is 41.6 Å². The Balaban J connectivity index is 1.53. The van der Waals surface area contributed by atoms with Gasteiger partial charge in [-0.05, 0) is 56.8 Å². The minimum absolute atomic E-state index is 0.0168. The predicted molar refractivity (Wildman–Crippen MR) is 102 cm³/mol. The molecule has 25 heavy (non-hydrogen) atoms. The van der Waals surface area contributed by atoms with Crippen LogP contribution in [-0.4, -0.2) is 43.1 Å². The molecule has 0 unspecified atom stereocenters. The van der Waals surface area contributed by atoms with Crippen LogP contribution in [0.2, 0.25) is 0 Å². The number of nitrogens with one attached hydrogen (secondary N) is 1. The number of fused-ring (bicyclic) bond motifs is 1. The number of amides is 1. The van der Waals surface area contributed by atoms with Gasteiger partial charge in [0.25, 0.3) is 5.91 Å². The Labute approximate surface area is 150 Å². The van der Waals surface area contributed by atoms with Crippen molar-refractivity contribution in [2.24, 2.45) is 0 Å². The van der Waals surface area contributed by atoms with E-state index >= 15 is 0 Å². The van der Waals surface area contributed by atoms with Gasteiger partial charge in [-0.2, -0.15) is 0 Å². The SMILES string of the molecule is CC[C@H](Oc1cccc2ccccc12)C(=O)NCCCN1CCCC1. The molecule has 1 heterocycles. The quantitative estimate of drug-likeness (QED) is 0.747. The molecular formula is C21H28N2O2. The highest BCUT2D eigenvalue weighted by atomic mass is 16.5. The molecular weight excluding hydrogens is 312 g/mol. The van der Waals surface area contributed by atoms with Gasteiger partial charge in [0.1, 0.15) is 5.75 Å². The summed E-state index contributed by atoms with van der Waals surface area (Å²) in [6.07, 6.45) is 3.82. The first-order chi connectivity index (χ1) is 12.3. The molecule has 2 aromatic carbocycles. The largest absolute Gasteiger partial charge is 0.480 e. The Morgan fingerprint density at radius 1 is 1.16 bits per heavy atom. The van der Waals surface area contributed by atoms with E-state index in [-0.39, 0.29) is 5.91 Å². The van der Waals surface area contributed by atoms with Crippen LogP contribution in [0.3, 0.4) is 0 Å². The van der Waals surface area contributed by atoms with E-state index in [0.29, 0.717) is 13.0 Å². The molecule has 0 spiro atoms. The van der Waals surface area contributed by atoms with Gasteiger partial charge in [0.2, 0.25) is 0 Å². The molecule has 0 aliphatic carbocycles. The first-order valence-electron chi connectivity index (χ1n) is 9.42. The van der Waals surface area contributed by atoms with E-state index < -0.39 is 6.10 Å². The van der Waals surface area contributed by atoms with Crippen LogP contribution in [0.5, 0.6) is 5.75 Å². The van der Waals surface area contributed by atoms with Gasteiger partial charge >= 0.3 is 0 Å². The molecule has 1 aliphatic rings. The molecule has 1 atom stereocenters. The molecule has 0 saturated carbocycles. The Kier molecular flexibility index (Phi) is 6.29. The number of carbonyl (C=O) groups excluding carboxylic acids is 1. The maximum Gasteiger partial charge on any atom is 0.261 e. The van der Waals surface area contributed by atoms with Gasteiger partial charge in [-0.3, -0.25) is 4.79 Å². The van der Waals surface area contributed by atoms with Gasteiger partial charge in [0.05, 0.1) is 0 Å². The maximum atomic E-state index is 12.5. The van der Waals surface area contributed by atoms with Crippen LogP contribution in [0.25, 0.3) is 10.8 Å². The summed E-state index contributed by atoms with van der Waals surface area (Å²) in [6.45, 7) is 6.18. The van der Waals surface area contributed by atoms with Gasteiger partial charge in [0, 0.05) is 11.9 Å². The zero-order valence-corrected chi connectivity index (χ0v) is 15.0. The third-order valence-electron chi connectivity index (χ3n) is 4.83. The van der Waals surface area contributed by atoms with E-state index in [1.165, 1.54) is 25.9 Å². The molecule has 1 saturated heterocycles. The van der Waals surface area contributed by atoms with E-state index in [4.69, 9.17) is 4.74 Å². The lowest BCUT2D eigenvalue weighted by Gasteiger charge is -2.19. The van der Waals surface area contributed by atoms with Crippen LogP contribution < -0.4 is 10.1 Å². The van der Waals surface area contributed by atoms with E-state index in [0.717, 1.165) is 29.5 Å². The lowest BCUT2D eigenvalue weighted by molar-refractivity contribution is -0.128. The standard InChI is InChI=1S/C21H28N2O2/c1-2-19(21(24)22-13-8-16-23-14-5-6-15-23)25-20-12-7-10-17-9-3-4-11-18(17)20/h3-4,7,9-12,19H,2,5-6,8,13-16H2,1H3,(H,22,24)/t19-/m0/s1. The van der Waals surface area contributed by atoms with Crippen molar-refractivity contribution in [1.82, 2.24) is 10.2 Å². The molecule has 1 fully saturated rings. The molecule has 134 valence electrons. The Hall–Kier alpha value is -2.07. The number of hydrogen-bond donors (Lipinski definition) is 1. The fourth-order valence-corrected chi connectivity index (χ4v) is 3.41. The molecule has 0 bridgehead atoms. The highest BCUT2D eigenvalue weighted by Crippen LogP contribution is 2.26. The van der Waals surface area contributed by atoms with Crippen molar-refractivity contribution in [1.29, 1.82) is 0 Å². The van der Waals surface area contributed by atoms with E-state index in [9.17, 15) is 4.79 Å². The van der Waals surface area contributed by atoms with Gasteiger partial charge in [-0.1, -0.05) is 43.3 Å². The van der Waals surface area contributed by atoms with Crippen LogP contribution in [0.4, 0.5) is 0 Å². The molecule has 0 aromatic heterocycles. The summed E-state index contributed by atoms with van der Waals surface area (Å²) < 4.78 is 6.05. The first kappa shape index (κ1) is 17.7. The summed E-state index contributed by atoms with van der Waals surface area (Å²) in [5.41, 5.74) is 0. The number of rotatable bonds is 8. The van der Waals surface area contributed by atoms with Gasteiger partial charge in [0.15, 0.2) is 6.10 Å². The van der Waals surface area contributed by atoms with Crippen molar-refractivity contribution in [2.45, 2.75) is 38.7 Å². The highest BCUT2D eigenvalue weighted by Gasteiger charge is 2.19. The number of nitrogens with zero attached hydrogens (tertiary/aromatic N) is 1. The molecule has 2 aromatic rings. The van der Waals surface area contributed by atoms with Gasteiger partial charge in [-0.15, -0.1) is 0 Å². The van der Waals surface area contributed by atoms with Crippen LogP contribution in [-0.2, 0) is 4.79 Å². The average Bonchev–Trinajstić information content (AvgIpc) is 3.16. The summed E-state index contributed by atoms with van der Waals surface area (Å²) in [7, 11) is 0. The van der Waals surface area contributed by atoms with Gasteiger partial charge in [-0.25, -0.2) is 0 Å². The normalized spacial score (nSPS) is 16.0. The minimum atomic E-state index is -0.447. The minimum Gasteiger partial charge on any atom is -0.480 e. The average molecular weight is 340 g/mol. The van der Waals surface area contributed by atoms with Crippen molar-refractivity contribution in [3.05, 3.63) is 42.5 Å². The molecule has 4 nitrogen and oxygen atoms in total. The lowest BCUT2D eigenvalue weighted by atomic mass is 10.1. The molecule has 4 heteroatoms. The number of benzene rings is 2. The molecule has 1 N–H and O–H groups in total. The van der Waals surface area contributed by atoms with Crippen LogP contribution in [0.1, 0.15) is 32.6 Å². The summed E-state index contributed by atoms with van der Waals surface area (Å²) in [6, 6.07) is 14.1. The van der Waals surface area contributed by atoms with Crippen molar-refractivity contribution in [3.8, 4) is 5.75 Å². The van der Waals surface area contributed by atoms with Gasteiger partial charge < -0.3 is 15.0 Å². The zero-order chi connectivity index (χ0) is 17.5. The molecule has 1 aliphatic heterocycles. The van der Waals surface area contributed by atoms with Crippen molar-refractivity contribution in [2.75, 3.05) is 26.2 Å². The predicted octanol–water partition coefficient (Wildman–Crippen LogP) is 3.60. The maximum absolute atomic E-state index is 12.5. The van der Waals surface area contributed by atoms with Crippen LogP contribution in [0.15, 0.2) is 42.5 Å². The molecule has 0 radical (unpaired) electrons. The van der Waals surface area contributed by atoms with E-state index in [1.807, 2.05) is 37.3 Å². The first-order valence-corrected chi connectivity index (χ1v) is 9.42. The Morgan fingerprint density at radius 2 is 1.92 bits per heavy atom.